The maximum atomic E-state index is 11.9. The largest absolute Gasteiger partial charge is 0.354 e. The number of hydrogen-bond acceptors (Lipinski definition) is 3. The summed E-state index contributed by atoms with van der Waals surface area (Å²) in [5.41, 5.74) is 0.870. The van der Waals surface area contributed by atoms with Gasteiger partial charge in [0.05, 0.1) is 12.7 Å². The SMILES string of the molecule is CCCCCN(CCNC(=O)Cc1ccc(Cl)cc1)S(C)(=O)=O. The van der Waals surface area contributed by atoms with E-state index in [1.807, 2.05) is 0 Å². The molecule has 1 aromatic carbocycles. The predicted octanol–water partition coefficient (Wildman–Crippen LogP) is 2.45. The van der Waals surface area contributed by atoms with E-state index < -0.39 is 10.0 Å². The van der Waals surface area contributed by atoms with Crippen molar-refractivity contribution in [3.8, 4) is 0 Å². The second-order valence-electron chi connectivity index (χ2n) is 5.52. The van der Waals surface area contributed by atoms with Crippen LogP contribution in [0.4, 0.5) is 0 Å². The standard InChI is InChI=1S/C16H25ClN2O3S/c1-3-4-5-11-19(23(2,21)22)12-10-18-16(20)13-14-6-8-15(17)9-7-14/h6-9H,3-5,10-13H2,1-2H3,(H,18,20). The number of rotatable bonds is 10. The first-order valence-electron chi connectivity index (χ1n) is 7.79. The highest BCUT2D eigenvalue weighted by Crippen LogP contribution is 2.09. The average molecular weight is 361 g/mol. The molecule has 0 fully saturated rings. The maximum Gasteiger partial charge on any atom is 0.224 e. The molecule has 0 radical (unpaired) electrons. The van der Waals surface area contributed by atoms with Gasteiger partial charge in [-0.2, -0.15) is 0 Å². The van der Waals surface area contributed by atoms with E-state index in [1.54, 1.807) is 24.3 Å². The van der Waals surface area contributed by atoms with Crippen LogP contribution in [0.5, 0.6) is 0 Å². The van der Waals surface area contributed by atoms with E-state index >= 15 is 0 Å². The molecule has 0 bridgehead atoms. The van der Waals surface area contributed by atoms with Crippen molar-refractivity contribution in [2.75, 3.05) is 25.9 Å². The van der Waals surface area contributed by atoms with Crippen molar-refractivity contribution in [3.05, 3.63) is 34.9 Å². The number of carbonyl (C=O) groups excluding carboxylic acids is 1. The summed E-state index contributed by atoms with van der Waals surface area (Å²) < 4.78 is 24.9. The maximum absolute atomic E-state index is 11.9. The zero-order valence-electron chi connectivity index (χ0n) is 13.7. The van der Waals surface area contributed by atoms with Gasteiger partial charge in [0.1, 0.15) is 0 Å². The summed E-state index contributed by atoms with van der Waals surface area (Å²) in [6, 6.07) is 7.08. The Morgan fingerprint density at radius 3 is 2.39 bits per heavy atom. The molecular formula is C16H25ClN2O3S. The average Bonchev–Trinajstić information content (AvgIpc) is 2.47. The third kappa shape index (κ3) is 8.34. The van der Waals surface area contributed by atoms with Gasteiger partial charge in [-0.3, -0.25) is 4.79 Å². The fourth-order valence-electron chi connectivity index (χ4n) is 2.15. The highest BCUT2D eigenvalue weighted by molar-refractivity contribution is 7.88. The number of benzene rings is 1. The number of carbonyl (C=O) groups is 1. The molecule has 0 aliphatic rings. The highest BCUT2D eigenvalue weighted by atomic mass is 35.5. The second kappa shape index (κ2) is 9.90. The quantitative estimate of drug-likeness (QED) is 0.652. The highest BCUT2D eigenvalue weighted by Gasteiger charge is 2.15. The number of nitrogens with zero attached hydrogens (tertiary/aromatic N) is 1. The van der Waals surface area contributed by atoms with E-state index in [0.29, 0.717) is 24.7 Å². The van der Waals surface area contributed by atoms with E-state index in [1.165, 1.54) is 10.6 Å². The van der Waals surface area contributed by atoms with Crippen LogP contribution in [0.25, 0.3) is 0 Å². The lowest BCUT2D eigenvalue weighted by Crippen LogP contribution is -2.39. The molecule has 0 heterocycles. The molecule has 1 amide bonds. The summed E-state index contributed by atoms with van der Waals surface area (Å²) >= 11 is 5.80. The Morgan fingerprint density at radius 1 is 1.17 bits per heavy atom. The van der Waals surface area contributed by atoms with Gasteiger partial charge in [0.2, 0.25) is 15.9 Å². The van der Waals surface area contributed by atoms with Crippen molar-refractivity contribution < 1.29 is 13.2 Å². The normalized spacial score (nSPS) is 11.7. The summed E-state index contributed by atoms with van der Waals surface area (Å²) in [5.74, 6) is -0.130. The van der Waals surface area contributed by atoms with E-state index in [2.05, 4.69) is 12.2 Å². The van der Waals surface area contributed by atoms with Gasteiger partial charge in [-0.25, -0.2) is 12.7 Å². The van der Waals surface area contributed by atoms with E-state index in [0.717, 1.165) is 24.8 Å². The van der Waals surface area contributed by atoms with Gasteiger partial charge in [0, 0.05) is 24.7 Å². The number of unbranched alkanes of at least 4 members (excludes halogenated alkanes) is 2. The molecular weight excluding hydrogens is 336 g/mol. The fraction of sp³-hybridized carbons (Fsp3) is 0.562. The number of amides is 1. The third-order valence-corrected chi connectivity index (χ3v) is 5.00. The topological polar surface area (TPSA) is 66.5 Å². The molecule has 0 saturated carbocycles. The molecule has 1 rings (SSSR count). The first-order valence-corrected chi connectivity index (χ1v) is 10.0. The molecule has 0 aliphatic heterocycles. The Labute approximate surface area is 144 Å². The summed E-state index contributed by atoms with van der Waals surface area (Å²) in [6.07, 6.45) is 4.33. The molecule has 0 saturated heterocycles. The summed E-state index contributed by atoms with van der Waals surface area (Å²) in [4.78, 5) is 11.9. The molecule has 23 heavy (non-hydrogen) atoms. The molecule has 5 nitrogen and oxygen atoms in total. The van der Waals surface area contributed by atoms with Crippen molar-refractivity contribution in [1.82, 2.24) is 9.62 Å². The Morgan fingerprint density at radius 2 is 1.83 bits per heavy atom. The van der Waals surface area contributed by atoms with Crippen molar-refractivity contribution in [1.29, 1.82) is 0 Å². The Balaban J connectivity index is 2.39. The lowest BCUT2D eigenvalue weighted by Gasteiger charge is -2.20. The Bertz CT molecular complexity index is 588. The van der Waals surface area contributed by atoms with Crippen LogP contribution >= 0.6 is 11.6 Å². The minimum Gasteiger partial charge on any atom is -0.354 e. The van der Waals surface area contributed by atoms with Crippen LogP contribution in [0, 0.1) is 0 Å². The van der Waals surface area contributed by atoms with Crippen LogP contribution in [0.15, 0.2) is 24.3 Å². The number of hydrogen-bond donors (Lipinski definition) is 1. The lowest BCUT2D eigenvalue weighted by atomic mass is 10.1. The number of halogens is 1. The van der Waals surface area contributed by atoms with E-state index in [4.69, 9.17) is 11.6 Å². The van der Waals surface area contributed by atoms with E-state index in [9.17, 15) is 13.2 Å². The fourth-order valence-corrected chi connectivity index (χ4v) is 3.16. The summed E-state index contributed by atoms with van der Waals surface area (Å²) in [6.45, 7) is 3.18. The van der Waals surface area contributed by atoms with Crippen LogP contribution in [0.2, 0.25) is 5.02 Å². The predicted molar refractivity (Wildman–Crippen MR) is 94.1 cm³/mol. The van der Waals surface area contributed by atoms with Gasteiger partial charge in [0.25, 0.3) is 0 Å². The molecule has 1 aromatic rings. The van der Waals surface area contributed by atoms with Crippen molar-refractivity contribution in [3.63, 3.8) is 0 Å². The minimum absolute atomic E-state index is 0.130. The smallest absolute Gasteiger partial charge is 0.224 e. The first-order chi connectivity index (χ1) is 10.8. The monoisotopic (exact) mass is 360 g/mol. The van der Waals surface area contributed by atoms with Gasteiger partial charge < -0.3 is 5.32 Å². The number of nitrogens with one attached hydrogen (secondary N) is 1. The third-order valence-electron chi connectivity index (χ3n) is 3.44. The molecule has 1 N–H and O–H groups in total. The summed E-state index contributed by atoms with van der Waals surface area (Å²) in [5, 5.41) is 3.39. The van der Waals surface area contributed by atoms with Crippen molar-refractivity contribution in [2.24, 2.45) is 0 Å². The molecule has 0 spiro atoms. The zero-order valence-corrected chi connectivity index (χ0v) is 15.3. The van der Waals surface area contributed by atoms with E-state index in [-0.39, 0.29) is 12.3 Å². The number of sulfonamides is 1. The van der Waals surface area contributed by atoms with Gasteiger partial charge in [-0.15, -0.1) is 0 Å². The van der Waals surface area contributed by atoms with Crippen LogP contribution in [0.1, 0.15) is 31.7 Å². The Hall–Kier alpha value is -1.11. The second-order valence-corrected chi connectivity index (χ2v) is 7.94. The Kier molecular flexibility index (Phi) is 8.58. The molecule has 7 heteroatoms. The van der Waals surface area contributed by atoms with Crippen molar-refractivity contribution in [2.45, 2.75) is 32.6 Å². The summed E-state index contributed by atoms with van der Waals surface area (Å²) in [7, 11) is -3.24. The van der Waals surface area contributed by atoms with Crippen LogP contribution < -0.4 is 5.32 Å². The molecule has 0 aromatic heterocycles. The van der Waals surface area contributed by atoms with Gasteiger partial charge in [0.15, 0.2) is 0 Å². The van der Waals surface area contributed by atoms with Gasteiger partial charge in [-0.05, 0) is 24.1 Å². The van der Waals surface area contributed by atoms with Crippen LogP contribution in [0.3, 0.4) is 0 Å². The lowest BCUT2D eigenvalue weighted by molar-refractivity contribution is -0.120. The molecule has 0 atom stereocenters. The van der Waals surface area contributed by atoms with Crippen molar-refractivity contribution >= 4 is 27.5 Å². The van der Waals surface area contributed by atoms with Crippen LogP contribution in [-0.4, -0.2) is 44.5 Å². The van der Waals surface area contributed by atoms with Gasteiger partial charge >= 0.3 is 0 Å². The minimum atomic E-state index is -3.24. The molecule has 130 valence electrons. The van der Waals surface area contributed by atoms with Gasteiger partial charge in [-0.1, -0.05) is 43.5 Å². The zero-order chi connectivity index (χ0) is 17.3. The molecule has 0 unspecified atom stereocenters. The van der Waals surface area contributed by atoms with Crippen LogP contribution in [-0.2, 0) is 21.2 Å². The first kappa shape index (κ1) is 19.9. The molecule has 0 aliphatic carbocycles.